The van der Waals surface area contributed by atoms with Crippen molar-refractivity contribution in [1.29, 1.82) is 0 Å². The molecule has 0 amide bonds. The van der Waals surface area contributed by atoms with Crippen LogP contribution in [-0.4, -0.2) is 9.55 Å². The molecule has 3 aromatic heterocycles. The van der Waals surface area contributed by atoms with Gasteiger partial charge >= 0.3 is 0 Å². The minimum atomic E-state index is 0.772. The van der Waals surface area contributed by atoms with E-state index in [1.54, 1.807) is 11.3 Å². The molecule has 33 heavy (non-hydrogen) atoms. The smallest absolute Gasteiger partial charge is 0.0605 e. The molecule has 0 aliphatic rings. The van der Waals surface area contributed by atoms with Gasteiger partial charge in [-0.1, -0.05) is 72.3 Å². The van der Waals surface area contributed by atoms with Gasteiger partial charge in [0.05, 0.1) is 25.5 Å². The third-order valence-corrected chi connectivity index (χ3v) is 7.95. The molecule has 0 saturated carbocycles. The van der Waals surface area contributed by atoms with Gasteiger partial charge in [-0.3, -0.25) is 4.98 Å². The summed E-state index contributed by atoms with van der Waals surface area (Å²) < 4.78 is 4.60. The number of fused-ring (bicyclic) bond motifs is 6. The molecule has 0 saturated heterocycles. The topological polar surface area (TPSA) is 17.8 Å². The van der Waals surface area contributed by atoms with E-state index in [2.05, 4.69) is 101 Å². The fraction of sp³-hybridized carbons (Fsp3) is 0. The lowest BCUT2D eigenvalue weighted by atomic mass is 10.0. The highest BCUT2D eigenvalue weighted by Gasteiger charge is 2.16. The van der Waals surface area contributed by atoms with Crippen LogP contribution in [0.2, 0.25) is 5.02 Å². The second-order valence-corrected chi connectivity index (χ2v) is 9.69. The third-order valence-electron chi connectivity index (χ3n) is 6.35. The highest BCUT2D eigenvalue weighted by molar-refractivity contribution is 7.26. The number of hydrogen-bond acceptors (Lipinski definition) is 2. The number of nitrogens with zero attached hydrogens (tertiary/aromatic N) is 2. The molecule has 156 valence electrons. The first kappa shape index (κ1) is 18.9. The number of para-hydroxylation sites is 1. The van der Waals surface area contributed by atoms with Gasteiger partial charge in [0.1, 0.15) is 0 Å². The first-order chi connectivity index (χ1) is 16.3. The Morgan fingerprint density at radius 3 is 2.39 bits per heavy atom. The molecule has 0 aliphatic heterocycles. The Kier molecular flexibility index (Phi) is 4.10. The predicted molar refractivity (Wildman–Crippen MR) is 142 cm³/mol. The van der Waals surface area contributed by atoms with Crippen LogP contribution in [0.5, 0.6) is 0 Å². The van der Waals surface area contributed by atoms with E-state index >= 15 is 0 Å². The number of aromatic nitrogens is 2. The molecule has 4 aromatic carbocycles. The third kappa shape index (κ3) is 2.83. The SMILES string of the molecule is Clc1cc(-n2c3ccccc3c3ccc(-c4ccccc4)cc32)cc2c1sc1cnccc12. The standard InChI is InChI=1S/C29H17ClN2S/c30-25-16-20(15-24-23-12-13-31-17-28(23)33-29(24)25)32-26-9-5-4-8-21(26)22-11-10-19(14-27(22)32)18-6-2-1-3-7-18/h1-17H. The molecular formula is C29H17ClN2S. The number of rotatable bonds is 2. The van der Waals surface area contributed by atoms with E-state index in [1.807, 2.05) is 12.4 Å². The van der Waals surface area contributed by atoms with Crippen molar-refractivity contribution in [3.63, 3.8) is 0 Å². The maximum Gasteiger partial charge on any atom is 0.0605 e. The number of halogens is 1. The number of hydrogen-bond donors (Lipinski definition) is 0. The van der Waals surface area contributed by atoms with Crippen molar-refractivity contribution in [2.45, 2.75) is 0 Å². The van der Waals surface area contributed by atoms with Gasteiger partial charge in [-0.2, -0.15) is 0 Å². The molecule has 0 spiro atoms. The van der Waals surface area contributed by atoms with Crippen molar-refractivity contribution in [3.05, 3.63) is 108 Å². The van der Waals surface area contributed by atoms with Crippen LogP contribution < -0.4 is 0 Å². The van der Waals surface area contributed by atoms with Crippen LogP contribution in [0.15, 0.2) is 103 Å². The molecule has 2 nitrogen and oxygen atoms in total. The van der Waals surface area contributed by atoms with Crippen LogP contribution in [0.4, 0.5) is 0 Å². The van der Waals surface area contributed by atoms with Gasteiger partial charge < -0.3 is 4.57 Å². The normalized spacial score (nSPS) is 11.8. The molecule has 0 bridgehead atoms. The Morgan fingerprint density at radius 1 is 0.667 bits per heavy atom. The molecule has 0 aliphatic carbocycles. The zero-order valence-electron chi connectivity index (χ0n) is 17.5. The average Bonchev–Trinajstić information content (AvgIpc) is 3.40. The Labute approximate surface area is 199 Å². The first-order valence-electron chi connectivity index (χ1n) is 10.8. The molecule has 7 rings (SSSR count). The van der Waals surface area contributed by atoms with E-state index in [1.165, 1.54) is 43.7 Å². The summed E-state index contributed by atoms with van der Waals surface area (Å²) in [6.45, 7) is 0. The molecule has 0 atom stereocenters. The highest BCUT2D eigenvalue weighted by Crippen LogP contribution is 2.41. The molecule has 0 radical (unpaired) electrons. The Morgan fingerprint density at radius 2 is 1.48 bits per heavy atom. The summed E-state index contributed by atoms with van der Waals surface area (Å²) in [6, 6.07) is 32.3. The van der Waals surface area contributed by atoms with Crippen molar-refractivity contribution < 1.29 is 0 Å². The molecule has 4 heteroatoms. The molecule has 0 N–H and O–H groups in total. The van der Waals surface area contributed by atoms with Gasteiger partial charge in [-0.25, -0.2) is 0 Å². The number of pyridine rings is 1. The van der Waals surface area contributed by atoms with Crippen molar-refractivity contribution >= 4 is 64.9 Å². The second-order valence-electron chi connectivity index (χ2n) is 8.23. The van der Waals surface area contributed by atoms with Crippen LogP contribution in [0.3, 0.4) is 0 Å². The van der Waals surface area contributed by atoms with Crippen molar-refractivity contribution in [2.75, 3.05) is 0 Å². The van der Waals surface area contributed by atoms with Crippen LogP contribution in [0, 0.1) is 0 Å². The number of benzene rings is 4. The summed E-state index contributed by atoms with van der Waals surface area (Å²) in [5.41, 5.74) is 5.83. The van der Waals surface area contributed by atoms with E-state index in [0.717, 1.165) is 20.1 Å². The van der Waals surface area contributed by atoms with E-state index in [4.69, 9.17) is 11.6 Å². The van der Waals surface area contributed by atoms with Gasteiger partial charge in [0.15, 0.2) is 0 Å². The zero-order valence-corrected chi connectivity index (χ0v) is 19.1. The van der Waals surface area contributed by atoms with E-state index in [0.29, 0.717) is 0 Å². The summed E-state index contributed by atoms with van der Waals surface area (Å²) >= 11 is 8.55. The fourth-order valence-corrected chi connectivity index (χ4v) is 6.25. The van der Waals surface area contributed by atoms with Gasteiger partial charge in [-0.15, -0.1) is 11.3 Å². The van der Waals surface area contributed by atoms with Gasteiger partial charge in [0.25, 0.3) is 0 Å². The zero-order chi connectivity index (χ0) is 21.9. The Hall–Kier alpha value is -3.66. The van der Waals surface area contributed by atoms with Crippen LogP contribution in [0.25, 0.3) is 58.8 Å². The van der Waals surface area contributed by atoms with Crippen LogP contribution in [-0.2, 0) is 0 Å². The minimum Gasteiger partial charge on any atom is -0.309 e. The minimum absolute atomic E-state index is 0.772. The molecule has 3 heterocycles. The van der Waals surface area contributed by atoms with Crippen LogP contribution in [0.1, 0.15) is 0 Å². The Balaban J connectivity index is 1.59. The van der Waals surface area contributed by atoms with Crippen molar-refractivity contribution in [3.8, 4) is 16.8 Å². The monoisotopic (exact) mass is 460 g/mol. The van der Waals surface area contributed by atoms with E-state index in [9.17, 15) is 0 Å². The predicted octanol–water partition coefficient (Wildman–Crippen LogP) is 8.87. The van der Waals surface area contributed by atoms with E-state index in [-0.39, 0.29) is 0 Å². The van der Waals surface area contributed by atoms with Gasteiger partial charge in [0, 0.05) is 39.6 Å². The maximum atomic E-state index is 6.86. The van der Waals surface area contributed by atoms with E-state index < -0.39 is 0 Å². The second kappa shape index (κ2) is 7.17. The lowest BCUT2D eigenvalue weighted by Gasteiger charge is -2.10. The molecule has 7 aromatic rings. The maximum absolute atomic E-state index is 6.86. The largest absolute Gasteiger partial charge is 0.309 e. The fourth-order valence-electron chi connectivity index (χ4n) is 4.86. The summed E-state index contributed by atoms with van der Waals surface area (Å²) in [7, 11) is 0. The molecule has 0 unspecified atom stereocenters. The summed E-state index contributed by atoms with van der Waals surface area (Å²) in [6.07, 6.45) is 3.77. The molecule has 0 fully saturated rings. The number of thiophene rings is 1. The highest BCUT2D eigenvalue weighted by atomic mass is 35.5. The summed E-state index contributed by atoms with van der Waals surface area (Å²) in [5.74, 6) is 0. The van der Waals surface area contributed by atoms with Crippen molar-refractivity contribution in [2.24, 2.45) is 0 Å². The Bertz CT molecular complexity index is 1830. The van der Waals surface area contributed by atoms with Gasteiger partial charge in [0.2, 0.25) is 0 Å². The average molecular weight is 461 g/mol. The molecular weight excluding hydrogens is 444 g/mol. The first-order valence-corrected chi connectivity index (χ1v) is 12.0. The van der Waals surface area contributed by atoms with Gasteiger partial charge in [-0.05, 0) is 41.5 Å². The van der Waals surface area contributed by atoms with Crippen molar-refractivity contribution in [1.82, 2.24) is 9.55 Å². The lowest BCUT2D eigenvalue weighted by molar-refractivity contribution is 1.19. The summed E-state index contributed by atoms with van der Waals surface area (Å²) in [4.78, 5) is 4.29. The quantitative estimate of drug-likeness (QED) is 0.252. The summed E-state index contributed by atoms with van der Waals surface area (Å²) in [5, 5.41) is 5.61. The van der Waals surface area contributed by atoms with Crippen LogP contribution >= 0.6 is 22.9 Å². The lowest BCUT2D eigenvalue weighted by Crippen LogP contribution is -1.94.